The number of anilines is 1. The first-order valence-electron chi connectivity index (χ1n) is 10.5. The predicted molar refractivity (Wildman–Crippen MR) is 125 cm³/mol. The number of amides is 1. The molecular formula is C24H29NO6S. The van der Waals surface area contributed by atoms with E-state index in [1.165, 1.54) is 38.7 Å². The van der Waals surface area contributed by atoms with Crippen LogP contribution >= 0.6 is 11.3 Å². The van der Waals surface area contributed by atoms with E-state index >= 15 is 0 Å². The highest BCUT2D eigenvalue weighted by atomic mass is 32.1. The van der Waals surface area contributed by atoms with Crippen LogP contribution in [0.5, 0.6) is 17.2 Å². The molecular weight excluding hydrogens is 430 g/mol. The summed E-state index contributed by atoms with van der Waals surface area (Å²) < 4.78 is 21.3. The molecule has 1 atom stereocenters. The zero-order valence-electron chi connectivity index (χ0n) is 19.1. The summed E-state index contributed by atoms with van der Waals surface area (Å²) in [5, 5.41) is 3.42. The second-order valence-electron chi connectivity index (χ2n) is 7.56. The average Bonchev–Trinajstić information content (AvgIpc) is 3.13. The SMILES string of the molecule is CCOC(=O)c1c(NC(=O)C=Cc2cc(OC)c(OC)c(OC)c2)sc2c1CCC(C)C2. The fourth-order valence-electron chi connectivity index (χ4n) is 3.78. The van der Waals surface area contributed by atoms with Gasteiger partial charge < -0.3 is 24.3 Å². The van der Waals surface area contributed by atoms with Crippen molar-refractivity contribution in [3.05, 3.63) is 39.8 Å². The molecule has 1 aliphatic carbocycles. The lowest BCUT2D eigenvalue weighted by Gasteiger charge is -2.18. The maximum Gasteiger partial charge on any atom is 0.341 e. The van der Waals surface area contributed by atoms with Gasteiger partial charge in [0.15, 0.2) is 11.5 Å². The lowest BCUT2D eigenvalue weighted by Crippen LogP contribution is -2.15. The van der Waals surface area contributed by atoms with Gasteiger partial charge >= 0.3 is 5.97 Å². The Morgan fingerprint density at radius 2 is 1.84 bits per heavy atom. The summed E-state index contributed by atoms with van der Waals surface area (Å²) in [5.74, 6) is 1.31. The smallest absolute Gasteiger partial charge is 0.341 e. The topological polar surface area (TPSA) is 83.1 Å². The molecule has 1 aliphatic rings. The van der Waals surface area contributed by atoms with Crippen molar-refractivity contribution in [2.24, 2.45) is 5.92 Å². The number of carbonyl (C=O) groups is 2. The standard InChI is InChI=1S/C24H29NO6S/c1-6-31-24(27)21-16-9-7-14(2)11-19(16)32-23(21)25-20(26)10-8-15-12-17(28-3)22(30-5)18(13-15)29-4/h8,10,12-14H,6-7,9,11H2,1-5H3,(H,25,26). The van der Waals surface area contributed by atoms with Gasteiger partial charge in [-0.15, -0.1) is 11.3 Å². The van der Waals surface area contributed by atoms with E-state index < -0.39 is 0 Å². The number of fused-ring (bicyclic) bond motifs is 1. The van der Waals surface area contributed by atoms with E-state index in [9.17, 15) is 9.59 Å². The maximum absolute atomic E-state index is 12.7. The fraction of sp³-hybridized carbons (Fsp3) is 0.417. The minimum atomic E-state index is -0.386. The molecule has 0 saturated heterocycles. The third-order valence-electron chi connectivity index (χ3n) is 5.34. The van der Waals surface area contributed by atoms with E-state index in [1.54, 1.807) is 25.1 Å². The Labute approximate surface area is 192 Å². The van der Waals surface area contributed by atoms with Crippen LogP contribution in [-0.4, -0.2) is 39.8 Å². The highest BCUT2D eigenvalue weighted by Gasteiger charge is 2.28. The quantitative estimate of drug-likeness (QED) is 0.454. The molecule has 7 nitrogen and oxygen atoms in total. The largest absolute Gasteiger partial charge is 0.493 e. The van der Waals surface area contributed by atoms with E-state index in [-0.39, 0.29) is 18.5 Å². The van der Waals surface area contributed by atoms with Crippen LogP contribution in [0.3, 0.4) is 0 Å². The number of methoxy groups -OCH3 is 3. The Morgan fingerprint density at radius 1 is 1.16 bits per heavy atom. The van der Waals surface area contributed by atoms with Gasteiger partial charge in [0.25, 0.3) is 0 Å². The van der Waals surface area contributed by atoms with Crippen molar-refractivity contribution in [3.8, 4) is 17.2 Å². The van der Waals surface area contributed by atoms with Gasteiger partial charge in [-0.3, -0.25) is 4.79 Å². The first kappa shape index (κ1) is 23.7. The number of carbonyl (C=O) groups excluding carboxylic acids is 2. The Bertz CT molecular complexity index is 1000. The molecule has 1 N–H and O–H groups in total. The zero-order chi connectivity index (χ0) is 23.3. The Kier molecular flexibility index (Phi) is 7.80. The average molecular weight is 460 g/mol. The number of hydrogen-bond donors (Lipinski definition) is 1. The van der Waals surface area contributed by atoms with Gasteiger partial charge in [0.1, 0.15) is 5.00 Å². The van der Waals surface area contributed by atoms with Crippen molar-refractivity contribution >= 4 is 34.3 Å². The molecule has 0 saturated carbocycles. The number of rotatable bonds is 8. The molecule has 1 unspecified atom stereocenters. The van der Waals surface area contributed by atoms with Gasteiger partial charge in [-0.05, 0) is 61.4 Å². The van der Waals surface area contributed by atoms with Crippen LogP contribution in [-0.2, 0) is 22.4 Å². The molecule has 1 aromatic heterocycles. The molecule has 0 fully saturated rings. The van der Waals surface area contributed by atoms with Crippen molar-refractivity contribution in [2.45, 2.75) is 33.1 Å². The summed E-state index contributed by atoms with van der Waals surface area (Å²) in [6.07, 6.45) is 5.81. The van der Waals surface area contributed by atoms with E-state index in [1.807, 2.05) is 0 Å². The summed E-state index contributed by atoms with van der Waals surface area (Å²) >= 11 is 1.46. The number of benzene rings is 1. The van der Waals surface area contributed by atoms with E-state index in [0.29, 0.717) is 39.3 Å². The van der Waals surface area contributed by atoms with E-state index in [4.69, 9.17) is 18.9 Å². The van der Waals surface area contributed by atoms with E-state index in [2.05, 4.69) is 12.2 Å². The van der Waals surface area contributed by atoms with Crippen molar-refractivity contribution < 1.29 is 28.5 Å². The highest BCUT2D eigenvalue weighted by Crippen LogP contribution is 2.40. The molecule has 0 aliphatic heterocycles. The molecule has 1 aromatic carbocycles. The number of hydrogen-bond acceptors (Lipinski definition) is 7. The lowest BCUT2D eigenvalue weighted by atomic mass is 9.88. The summed E-state index contributed by atoms with van der Waals surface area (Å²) in [5.41, 5.74) is 2.21. The highest BCUT2D eigenvalue weighted by molar-refractivity contribution is 7.17. The monoisotopic (exact) mass is 459 g/mol. The van der Waals surface area contributed by atoms with Crippen LogP contribution in [0.15, 0.2) is 18.2 Å². The lowest BCUT2D eigenvalue weighted by molar-refractivity contribution is -0.111. The third-order valence-corrected chi connectivity index (χ3v) is 6.51. The molecule has 1 heterocycles. The van der Waals surface area contributed by atoms with Crippen molar-refractivity contribution in [1.29, 1.82) is 0 Å². The molecule has 0 bridgehead atoms. The minimum Gasteiger partial charge on any atom is -0.493 e. The van der Waals surface area contributed by atoms with Gasteiger partial charge in [0.2, 0.25) is 11.7 Å². The van der Waals surface area contributed by atoms with Crippen LogP contribution in [0.4, 0.5) is 5.00 Å². The van der Waals surface area contributed by atoms with Gasteiger partial charge in [0, 0.05) is 11.0 Å². The van der Waals surface area contributed by atoms with Crippen LogP contribution in [0.2, 0.25) is 0 Å². The molecule has 8 heteroatoms. The van der Waals surface area contributed by atoms with E-state index in [0.717, 1.165) is 29.7 Å². The van der Waals surface area contributed by atoms with Crippen LogP contribution < -0.4 is 19.5 Å². The molecule has 2 aromatic rings. The first-order chi connectivity index (χ1) is 15.4. The Morgan fingerprint density at radius 3 is 2.44 bits per heavy atom. The first-order valence-corrected chi connectivity index (χ1v) is 11.3. The Hall–Kier alpha value is -3.00. The third kappa shape index (κ3) is 5.07. The summed E-state index contributed by atoms with van der Waals surface area (Å²) in [7, 11) is 4.60. The number of ether oxygens (including phenoxy) is 4. The van der Waals surface area contributed by atoms with Gasteiger partial charge in [-0.2, -0.15) is 0 Å². The summed E-state index contributed by atoms with van der Waals surface area (Å²) in [6.45, 7) is 4.26. The molecule has 0 radical (unpaired) electrons. The molecule has 0 spiro atoms. The maximum atomic E-state index is 12.7. The molecule has 3 rings (SSSR count). The fourth-order valence-corrected chi connectivity index (χ4v) is 5.18. The van der Waals surface area contributed by atoms with Crippen molar-refractivity contribution in [3.63, 3.8) is 0 Å². The zero-order valence-corrected chi connectivity index (χ0v) is 19.9. The van der Waals surface area contributed by atoms with Gasteiger partial charge in [0.05, 0.1) is 33.5 Å². The normalized spacial score (nSPS) is 15.2. The number of thiophene rings is 1. The van der Waals surface area contributed by atoms with Crippen molar-refractivity contribution in [2.75, 3.05) is 33.3 Å². The van der Waals surface area contributed by atoms with Crippen LogP contribution in [0, 0.1) is 5.92 Å². The molecule has 32 heavy (non-hydrogen) atoms. The minimum absolute atomic E-state index is 0.286. The van der Waals surface area contributed by atoms with Crippen LogP contribution in [0.25, 0.3) is 6.08 Å². The summed E-state index contributed by atoms with van der Waals surface area (Å²) in [6, 6.07) is 3.50. The Balaban J connectivity index is 1.85. The predicted octanol–water partition coefficient (Wildman–Crippen LogP) is 4.73. The molecule has 1 amide bonds. The van der Waals surface area contributed by atoms with Crippen molar-refractivity contribution in [1.82, 2.24) is 0 Å². The number of esters is 1. The van der Waals surface area contributed by atoms with Crippen LogP contribution in [0.1, 0.15) is 46.6 Å². The molecule has 172 valence electrons. The summed E-state index contributed by atoms with van der Waals surface area (Å²) in [4.78, 5) is 26.5. The second-order valence-corrected chi connectivity index (χ2v) is 8.66. The number of nitrogens with one attached hydrogen (secondary N) is 1. The van der Waals surface area contributed by atoms with Gasteiger partial charge in [-0.1, -0.05) is 6.92 Å². The van der Waals surface area contributed by atoms with Gasteiger partial charge in [-0.25, -0.2) is 4.79 Å². The second kappa shape index (κ2) is 10.5.